The van der Waals surface area contributed by atoms with Crippen LogP contribution in [0.15, 0.2) is 65.2 Å². The fourth-order valence-corrected chi connectivity index (χ4v) is 4.40. The Bertz CT molecular complexity index is 1220. The molecule has 1 aromatic carbocycles. The Hall–Kier alpha value is -3.54. The van der Waals surface area contributed by atoms with Gasteiger partial charge >= 0.3 is 0 Å². The molecular formula is C27H29N5O. The summed E-state index contributed by atoms with van der Waals surface area (Å²) >= 11 is 0. The first-order chi connectivity index (χ1) is 16.1. The number of anilines is 1. The van der Waals surface area contributed by atoms with Gasteiger partial charge in [0.05, 0.1) is 0 Å². The lowest BCUT2D eigenvalue weighted by atomic mass is 10.0. The number of nitrogens with zero attached hydrogens (tertiary/aromatic N) is 5. The molecule has 0 N–H and O–H groups in total. The molecule has 33 heavy (non-hydrogen) atoms. The Labute approximate surface area is 194 Å². The first kappa shape index (κ1) is 21.3. The van der Waals surface area contributed by atoms with E-state index in [1.54, 1.807) is 6.20 Å². The van der Waals surface area contributed by atoms with Crippen LogP contribution in [0.2, 0.25) is 0 Å². The number of benzene rings is 1. The van der Waals surface area contributed by atoms with Crippen LogP contribution in [-0.2, 0) is 6.42 Å². The number of oxazole rings is 1. The third-order valence-electron chi connectivity index (χ3n) is 6.10. The highest BCUT2D eigenvalue weighted by Crippen LogP contribution is 2.39. The second kappa shape index (κ2) is 9.14. The molecular weight excluding hydrogens is 410 g/mol. The van der Waals surface area contributed by atoms with E-state index in [0.29, 0.717) is 5.82 Å². The molecule has 1 aliphatic rings. The van der Waals surface area contributed by atoms with Gasteiger partial charge in [0.1, 0.15) is 29.0 Å². The van der Waals surface area contributed by atoms with E-state index in [-0.39, 0.29) is 12.0 Å². The molecule has 1 saturated heterocycles. The Kier molecular flexibility index (Phi) is 5.90. The van der Waals surface area contributed by atoms with Crippen LogP contribution in [0.25, 0.3) is 22.8 Å². The molecule has 1 fully saturated rings. The second-order valence-corrected chi connectivity index (χ2v) is 8.75. The lowest BCUT2D eigenvalue weighted by molar-refractivity contribution is 0.408. The average Bonchev–Trinajstić information content (AvgIpc) is 3.52. The van der Waals surface area contributed by atoms with Crippen LogP contribution in [-0.4, -0.2) is 26.5 Å². The Morgan fingerprint density at radius 1 is 1.03 bits per heavy atom. The number of rotatable bonds is 6. The van der Waals surface area contributed by atoms with E-state index in [2.05, 4.69) is 48.9 Å². The van der Waals surface area contributed by atoms with Crippen molar-refractivity contribution in [3.8, 4) is 22.8 Å². The van der Waals surface area contributed by atoms with Gasteiger partial charge in [-0.15, -0.1) is 0 Å². The summed E-state index contributed by atoms with van der Waals surface area (Å²) in [4.78, 5) is 21.4. The zero-order valence-corrected chi connectivity index (χ0v) is 19.4. The van der Waals surface area contributed by atoms with Gasteiger partial charge < -0.3 is 9.32 Å². The van der Waals surface area contributed by atoms with Gasteiger partial charge in [-0.1, -0.05) is 57.2 Å². The first-order valence-electron chi connectivity index (χ1n) is 11.8. The van der Waals surface area contributed by atoms with Crippen LogP contribution < -0.4 is 4.90 Å². The fourth-order valence-electron chi connectivity index (χ4n) is 4.40. The number of hydrogen-bond donors (Lipinski definition) is 0. The lowest BCUT2D eigenvalue weighted by Crippen LogP contribution is -2.24. The summed E-state index contributed by atoms with van der Waals surface area (Å²) in [6.45, 7) is 7.33. The van der Waals surface area contributed by atoms with E-state index >= 15 is 0 Å². The van der Waals surface area contributed by atoms with Crippen molar-refractivity contribution in [2.45, 2.75) is 52.0 Å². The van der Waals surface area contributed by atoms with E-state index in [4.69, 9.17) is 19.4 Å². The summed E-state index contributed by atoms with van der Waals surface area (Å²) < 4.78 is 6.43. The molecule has 3 aromatic heterocycles. The minimum atomic E-state index is 0.0520. The third kappa shape index (κ3) is 4.25. The molecule has 1 aliphatic heterocycles. The number of hydrogen-bond acceptors (Lipinski definition) is 6. The maximum absolute atomic E-state index is 6.43. The van der Waals surface area contributed by atoms with Gasteiger partial charge in [0.25, 0.3) is 0 Å². The molecule has 0 aliphatic carbocycles. The standard InChI is InChI=1S/C27H29N5O/c1-4-20-17-23(30-26(29-20)21-13-8-9-15-28-21)32-16-10-14-22(32)27-31-24(25(33-27)18(2)3)19-11-6-5-7-12-19/h5-9,11-13,15,17-18,22H,4,10,14,16H2,1-3H3/t22-/m0/s1. The van der Waals surface area contributed by atoms with Crippen LogP contribution in [0.5, 0.6) is 0 Å². The van der Waals surface area contributed by atoms with Crippen molar-refractivity contribution in [3.63, 3.8) is 0 Å². The molecule has 1 atom stereocenters. The van der Waals surface area contributed by atoms with Crippen molar-refractivity contribution in [1.29, 1.82) is 0 Å². The van der Waals surface area contributed by atoms with Crippen molar-refractivity contribution < 1.29 is 4.42 Å². The minimum absolute atomic E-state index is 0.0520. The SMILES string of the molecule is CCc1cc(N2CCC[C@H]2c2nc(-c3ccccc3)c(C(C)C)o2)nc(-c2ccccn2)n1. The molecule has 0 bridgehead atoms. The number of aryl methyl sites for hydroxylation is 1. The molecule has 6 heteroatoms. The molecule has 0 saturated carbocycles. The molecule has 0 radical (unpaired) electrons. The molecule has 0 unspecified atom stereocenters. The van der Waals surface area contributed by atoms with Crippen LogP contribution in [0.3, 0.4) is 0 Å². The van der Waals surface area contributed by atoms with Gasteiger partial charge in [-0.3, -0.25) is 4.98 Å². The maximum atomic E-state index is 6.43. The van der Waals surface area contributed by atoms with Crippen molar-refractivity contribution in [2.24, 2.45) is 0 Å². The first-order valence-corrected chi connectivity index (χ1v) is 11.8. The molecule has 168 valence electrons. The van der Waals surface area contributed by atoms with Gasteiger partial charge in [-0.25, -0.2) is 15.0 Å². The summed E-state index contributed by atoms with van der Waals surface area (Å²) in [6, 6.07) is 18.3. The zero-order valence-electron chi connectivity index (χ0n) is 19.4. The van der Waals surface area contributed by atoms with Crippen molar-refractivity contribution >= 4 is 5.82 Å². The topological polar surface area (TPSA) is 67.9 Å². The minimum Gasteiger partial charge on any atom is -0.442 e. The van der Waals surface area contributed by atoms with E-state index in [1.165, 1.54) is 0 Å². The maximum Gasteiger partial charge on any atom is 0.217 e. The smallest absolute Gasteiger partial charge is 0.217 e. The molecule has 0 amide bonds. The van der Waals surface area contributed by atoms with Gasteiger partial charge in [-0.2, -0.15) is 0 Å². The normalized spacial score (nSPS) is 16.0. The summed E-state index contributed by atoms with van der Waals surface area (Å²) in [5.41, 5.74) is 3.83. The predicted octanol–water partition coefficient (Wildman–Crippen LogP) is 6.22. The Morgan fingerprint density at radius 2 is 1.85 bits per heavy atom. The van der Waals surface area contributed by atoms with E-state index in [1.807, 2.05) is 36.4 Å². The van der Waals surface area contributed by atoms with E-state index in [9.17, 15) is 0 Å². The monoisotopic (exact) mass is 439 g/mol. The number of aromatic nitrogens is 4. The molecule has 4 aromatic rings. The fraction of sp³-hybridized carbons (Fsp3) is 0.333. The van der Waals surface area contributed by atoms with Crippen LogP contribution >= 0.6 is 0 Å². The van der Waals surface area contributed by atoms with Gasteiger partial charge in [0, 0.05) is 36.0 Å². The highest BCUT2D eigenvalue weighted by atomic mass is 16.4. The highest BCUT2D eigenvalue weighted by molar-refractivity contribution is 5.62. The Balaban J connectivity index is 1.54. The summed E-state index contributed by atoms with van der Waals surface area (Å²) in [5, 5.41) is 0. The van der Waals surface area contributed by atoms with Crippen molar-refractivity contribution in [1.82, 2.24) is 19.9 Å². The highest BCUT2D eigenvalue weighted by Gasteiger charge is 2.33. The van der Waals surface area contributed by atoms with Crippen LogP contribution in [0, 0.1) is 0 Å². The van der Waals surface area contributed by atoms with E-state index < -0.39 is 0 Å². The lowest BCUT2D eigenvalue weighted by Gasteiger charge is -2.24. The van der Waals surface area contributed by atoms with Crippen molar-refractivity contribution in [2.75, 3.05) is 11.4 Å². The van der Waals surface area contributed by atoms with E-state index in [0.717, 1.165) is 65.9 Å². The Morgan fingerprint density at radius 3 is 2.58 bits per heavy atom. The second-order valence-electron chi connectivity index (χ2n) is 8.75. The molecule has 0 spiro atoms. The molecule has 6 nitrogen and oxygen atoms in total. The summed E-state index contributed by atoms with van der Waals surface area (Å²) in [6.07, 6.45) is 4.66. The third-order valence-corrected chi connectivity index (χ3v) is 6.10. The van der Waals surface area contributed by atoms with Gasteiger partial charge in [-0.05, 0) is 31.4 Å². The van der Waals surface area contributed by atoms with Crippen LogP contribution in [0.4, 0.5) is 5.82 Å². The molecule has 5 rings (SSSR count). The van der Waals surface area contributed by atoms with Gasteiger partial charge in [0.2, 0.25) is 5.89 Å². The zero-order chi connectivity index (χ0) is 22.8. The van der Waals surface area contributed by atoms with Gasteiger partial charge in [0.15, 0.2) is 5.82 Å². The molecule has 4 heterocycles. The average molecular weight is 440 g/mol. The number of pyridine rings is 1. The summed E-state index contributed by atoms with van der Waals surface area (Å²) in [7, 11) is 0. The quantitative estimate of drug-likeness (QED) is 0.355. The largest absolute Gasteiger partial charge is 0.442 e. The van der Waals surface area contributed by atoms with Crippen LogP contribution in [0.1, 0.15) is 62.9 Å². The van der Waals surface area contributed by atoms with Crippen molar-refractivity contribution in [3.05, 3.63) is 78.1 Å². The summed E-state index contributed by atoms with van der Waals surface area (Å²) in [5.74, 6) is 3.53. The predicted molar refractivity (Wildman–Crippen MR) is 130 cm³/mol.